The van der Waals surface area contributed by atoms with Crippen LogP contribution in [0.2, 0.25) is 0 Å². The van der Waals surface area contributed by atoms with Gasteiger partial charge in [-0.25, -0.2) is 0 Å². The van der Waals surface area contributed by atoms with Crippen LogP contribution < -0.4 is 0 Å². The van der Waals surface area contributed by atoms with Gasteiger partial charge in [0.2, 0.25) is 0 Å². The number of Topliss-reactive ketones (excluding diaryl/α,β-unsaturated/α-hetero) is 1. The zero-order valence-electron chi connectivity index (χ0n) is 6.77. The van der Waals surface area contributed by atoms with Crippen molar-refractivity contribution in [1.82, 2.24) is 0 Å². The summed E-state index contributed by atoms with van der Waals surface area (Å²) in [5.74, 6) is 0.00888. The number of hydrogen-bond acceptors (Lipinski definition) is 2. The van der Waals surface area contributed by atoms with Crippen LogP contribution in [0.25, 0.3) is 0 Å². The van der Waals surface area contributed by atoms with Crippen LogP contribution in [0.5, 0.6) is 0 Å². The second-order valence-corrected chi connectivity index (χ2v) is 4.50. The van der Waals surface area contributed by atoms with E-state index in [1.807, 2.05) is 28.7 Å². The van der Waals surface area contributed by atoms with Gasteiger partial charge >= 0.3 is 0 Å². The summed E-state index contributed by atoms with van der Waals surface area (Å²) in [6.07, 6.45) is 0. The van der Waals surface area contributed by atoms with Crippen molar-refractivity contribution in [2.24, 2.45) is 0 Å². The summed E-state index contributed by atoms with van der Waals surface area (Å²) >= 11 is 5.28. The molecule has 0 radical (unpaired) electrons. The number of ketones is 1. The molecule has 0 unspecified atom stereocenters. The highest BCUT2D eigenvalue weighted by molar-refractivity contribution is 14.1. The first-order valence-electron chi connectivity index (χ1n) is 3.46. The second kappa shape index (κ2) is 4.20. The van der Waals surface area contributed by atoms with Gasteiger partial charge in [0.25, 0.3) is 0 Å². The maximum absolute atomic E-state index is 11.1. The minimum atomic E-state index is 0.00888. The molecule has 0 spiro atoms. The van der Waals surface area contributed by atoms with Gasteiger partial charge in [-0.15, -0.1) is 0 Å². The molecule has 0 fully saturated rings. The minimum Gasteiger partial charge on any atom is -0.294 e. The normalized spacial score (nSPS) is 9.38. The number of rotatable bonds is 1. The van der Waals surface area contributed by atoms with Crippen molar-refractivity contribution in [2.45, 2.75) is 6.92 Å². The third-order valence-corrected chi connectivity index (χ3v) is 3.11. The van der Waals surface area contributed by atoms with E-state index in [0.717, 1.165) is 3.57 Å². The number of benzene rings is 1. The van der Waals surface area contributed by atoms with Gasteiger partial charge in [0, 0.05) is 13.6 Å². The van der Waals surface area contributed by atoms with Crippen molar-refractivity contribution in [3.8, 4) is 6.07 Å². The first-order valence-corrected chi connectivity index (χ1v) is 5.33. The molecule has 0 heterocycles. The summed E-state index contributed by atoms with van der Waals surface area (Å²) in [6, 6.07) is 5.42. The molecule has 0 amide bonds. The Hall–Kier alpha value is -0.410. The van der Waals surface area contributed by atoms with Crippen LogP contribution in [0.3, 0.4) is 0 Å². The Bertz CT molecular complexity index is 409. The molecule has 0 aliphatic heterocycles. The molecule has 0 N–H and O–H groups in total. The van der Waals surface area contributed by atoms with E-state index in [2.05, 4.69) is 15.9 Å². The number of hydrogen-bond donors (Lipinski definition) is 0. The molecule has 0 aliphatic carbocycles. The maximum Gasteiger partial charge on any atom is 0.160 e. The van der Waals surface area contributed by atoms with Crippen molar-refractivity contribution in [3.63, 3.8) is 0 Å². The van der Waals surface area contributed by atoms with Gasteiger partial charge in [-0.2, -0.15) is 5.26 Å². The summed E-state index contributed by atoms with van der Waals surface area (Å²) in [6.45, 7) is 1.51. The molecule has 66 valence electrons. The lowest BCUT2D eigenvalue weighted by molar-refractivity contribution is 0.101. The molecule has 0 aromatic heterocycles. The third kappa shape index (κ3) is 2.29. The van der Waals surface area contributed by atoms with E-state index in [1.54, 1.807) is 12.1 Å². The topological polar surface area (TPSA) is 40.9 Å². The number of carbonyl (C=O) groups excluding carboxylic acids is 1. The summed E-state index contributed by atoms with van der Waals surface area (Å²) < 4.78 is 1.48. The van der Waals surface area contributed by atoms with Crippen molar-refractivity contribution in [2.75, 3.05) is 0 Å². The molecule has 0 saturated carbocycles. The predicted octanol–water partition coefficient (Wildman–Crippen LogP) is 3.13. The Morgan fingerprint density at radius 2 is 2.23 bits per heavy atom. The first kappa shape index (κ1) is 10.7. The van der Waals surface area contributed by atoms with Crippen LogP contribution >= 0.6 is 38.5 Å². The fourth-order valence-electron chi connectivity index (χ4n) is 0.902. The Balaban J connectivity index is 3.39. The maximum atomic E-state index is 11.1. The molecule has 0 saturated heterocycles. The van der Waals surface area contributed by atoms with Crippen LogP contribution in [-0.4, -0.2) is 5.78 Å². The summed E-state index contributed by atoms with van der Waals surface area (Å²) in [7, 11) is 0. The van der Waals surface area contributed by atoms with Crippen LogP contribution in [0, 0.1) is 14.9 Å². The molecule has 1 aromatic rings. The van der Waals surface area contributed by atoms with Crippen LogP contribution in [0.1, 0.15) is 22.8 Å². The van der Waals surface area contributed by atoms with Crippen LogP contribution in [0.4, 0.5) is 0 Å². The lowest BCUT2D eigenvalue weighted by Crippen LogP contribution is -1.97. The summed E-state index contributed by atoms with van der Waals surface area (Å²) in [5.41, 5.74) is 1.20. The Kier molecular flexibility index (Phi) is 3.45. The van der Waals surface area contributed by atoms with Gasteiger partial charge in [-0.3, -0.25) is 4.79 Å². The SMILES string of the molecule is CC(=O)c1cc(Br)c(C#N)cc1I. The van der Waals surface area contributed by atoms with E-state index in [4.69, 9.17) is 5.26 Å². The third-order valence-electron chi connectivity index (χ3n) is 1.56. The quantitative estimate of drug-likeness (QED) is 0.577. The molecular weight excluding hydrogens is 345 g/mol. The zero-order valence-corrected chi connectivity index (χ0v) is 10.5. The monoisotopic (exact) mass is 349 g/mol. The molecule has 4 heteroatoms. The number of nitriles is 1. The van der Waals surface area contributed by atoms with E-state index in [-0.39, 0.29) is 5.78 Å². The number of carbonyl (C=O) groups is 1. The highest BCUT2D eigenvalue weighted by Crippen LogP contribution is 2.23. The average molecular weight is 350 g/mol. The molecule has 13 heavy (non-hydrogen) atoms. The zero-order chi connectivity index (χ0) is 10.0. The molecule has 2 nitrogen and oxygen atoms in total. The van der Waals surface area contributed by atoms with Crippen molar-refractivity contribution in [1.29, 1.82) is 5.26 Å². The summed E-state index contributed by atoms with van der Waals surface area (Å²) in [5, 5.41) is 8.70. The molecule has 0 atom stereocenters. The highest BCUT2D eigenvalue weighted by atomic mass is 127. The van der Waals surface area contributed by atoms with E-state index >= 15 is 0 Å². The highest BCUT2D eigenvalue weighted by Gasteiger charge is 2.09. The van der Waals surface area contributed by atoms with Crippen molar-refractivity contribution in [3.05, 3.63) is 31.3 Å². The smallest absolute Gasteiger partial charge is 0.160 e. The molecule has 0 aliphatic rings. The van der Waals surface area contributed by atoms with E-state index < -0.39 is 0 Å². The van der Waals surface area contributed by atoms with Crippen LogP contribution in [0.15, 0.2) is 16.6 Å². The number of halogens is 2. The van der Waals surface area contributed by atoms with Gasteiger partial charge in [0.05, 0.1) is 5.56 Å². The predicted molar refractivity (Wildman–Crippen MR) is 61.6 cm³/mol. The fourth-order valence-corrected chi connectivity index (χ4v) is 2.18. The molecule has 0 bridgehead atoms. The fraction of sp³-hybridized carbons (Fsp3) is 0.111. The van der Waals surface area contributed by atoms with Crippen molar-refractivity contribution < 1.29 is 4.79 Å². The molecule has 1 rings (SSSR count). The Morgan fingerprint density at radius 3 is 2.69 bits per heavy atom. The second-order valence-electron chi connectivity index (χ2n) is 2.48. The van der Waals surface area contributed by atoms with Gasteiger partial charge in [-0.05, 0) is 57.6 Å². The van der Waals surface area contributed by atoms with Gasteiger partial charge in [0.1, 0.15) is 6.07 Å². The van der Waals surface area contributed by atoms with Crippen molar-refractivity contribution >= 4 is 44.3 Å². The van der Waals surface area contributed by atoms with E-state index in [1.165, 1.54) is 6.92 Å². The summed E-state index contributed by atoms with van der Waals surface area (Å²) in [4.78, 5) is 11.1. The van der Waals surface area contributed by atoms with Crippen LogP contribution in [-0.2, 0) is 0 Å². The number of nitrogens with zero attached hydrogens (tertiary/aromatic N) is 1. The average Bonchev–Trinajstić information content (AvgIpc) is 2.07. The molecule has 1 aromatic carbocycles. The van der Waals surface area contributed by atoms with Gasteiger partial charge in [-0.1, -0.05) is 0 Å². The lowest BCUT2D eigenvalue weighted by atomic mass is 10.1. The standard InChI is InChI=1S/C9H5BrINO/c1-5(13)7-3-8(10)6(4-12)2-9(7)11/h2-3H,1H3. The van der Waals surface area contributed by atoms with Gasteiger partial charge in [0.15, 0.2) is 5.78 Å². The first-order chi connectivity index (χ1) is 6.06. The lowest BCUT2D eigenvalue weighted by Gasteiger charge is -2.02. The largest absolute Gasteiger partial charge is 0.294 e. The Labute approximate surface area is 98.2 Å². The Morgan fingerprint density at radius 1 is 1.62 bits per heavy atom. The van der Waals surface area contributed by atoms with Gasteiger partial charge < -0.3 is 0 Å². The minimum absolute atomic E-state index is 0.00888. The van der Waals surface area contributed by atoms with E-state index in [9.17, 15) is 4.79 Å². The van der Waals surface area contributed by atoms with E-state index in [0.29, 0.717) is 15.6 Å². The molecular formula is C9H5BrINO.